The zero-order valence-corrected chi connectivity index (χ0v) is 15.7. The number of ether oxygens (including phenoxy) is 2. The van der Waals surface area contributed by atoms with E-state index in [1.807, 2.05) is 49.4 Å². The summed E-state index contributed by atoms with van der Waals surface area (Å²) in [4.78, 5) is 12.1. The maximum atomic E-state index is 12.1. The fourth-order valence-electron chi connectivity index (χ4n) is 2.45. The van der Waals surface area contributed by atoms with Crippen molar-refractivity contribution in [3.8, 4) is 11.5 Å². The highest BCUT2D eigenvalue weighted by Crippen LogP contribution is 2.23. The average Bonchev–Trinajstić information content (AvgIpc) is 2.70. The lowest BCUT2D eigenvalue weighted by Crippen LogP contribution is -2.20. The van der Waals surface area contributed by atoms with E-state index in [4.69, 9.17) is 21.1 Å². The first-order valence-electron chi connectivity index (χ1n) is 8.56. The van der Waals surface area contributed by atoms with E-state index in [1.165, 1.54) is 0 Å². The zero-order valence-electron chi connectivity index (χ0n) is 14.9. The van der Waals surface area contributed by atoms with E-state index < -0.39 is 0 Å². The van der Waals surface area contributed by atoms with Crippen molar-refractivity contribution in [3.63, 3.8) is 0 Å². The highest BCUT2D eigenvalue weighted by molar-refractivity contribution is 6.31. The lowest BCUT2D eigenvalue weighted by atomic mass is 10.2. The van der Waals surface area contributed by atoms with E-state index in [2.05, 4.69) is 5.32 Å². The zero-order chi connectivity index (χ0) is 19.1. The summed E-state index contributed by atoms with van der Waals surface area (Å²) in [5.41, 5.74) is 2.61. The van der Waals surface area contributed by atoms with E-state index in [-0.39, 0.29) is 12.5 Å². The van der Waals surface area contributed by atoms with Gasteiger partial charge in [-0.1, -0.05) is 48.0 Å². The number of hydrogen-bond acceptors (Lipinski definition) is 3. The second-order valence-corrected chi connectivity index (χ2v) is 6.40. The van der Waals surface area contributed by atoms with Crippen molar-refractivity contribution < 1.29 is 14.3 Å². The SMILES string of the molecule is Cc1c(Cl)cccc1NC(=O)COc1ccc(OCc2ccccc2)cc1. The normalized spacial score (nSPS) is 10.3. The van der Waals surface area contributed by atoms with Crippen LogP contribution in [0.5, 0.6) is 11.5 Å². The number of amides is 1. The van der Waals surface area contributed by atoms with Gasteiger partial charge in [-0.15, -0.1) is 0 Å². The first kappa shape index (κ1) is 18.8. The van der Waals surface area contributed by atoms with Gasteiger partial charge in [-0.2, -0.15) is 0 Å². The third-order valence-corrected chi connectivity index (χ3v) is 4.39. The Labute approximate surface area is 163 Å². The largest absolute Gasteiger partial charge is 0.489 e. The molecule has 4 nitrogen and oxygen atoms in total. The second-order valence-electron chi connectivity index (χ2n) is 5.99. The lowest BCUT2D eigenvalue weighted by molar-refractivity contribution is -0.118. The summed E-state index contributed by atoms with van der Waals surface area (Å²) in [5, 5.41) is 3.41. The van der Waals surface area contributed by atoms with E-state index >= 15 is 0 Å². The molecular weight excluding hydrogens is 362 g/mol. The van der Waals surface area contributed by atoms with Gasteiger partial charge in [0.15, 0.2) is 6.61 Å². The molecule has 3 aromatic rings. The molecule has 0 fully saturated rings. The molecule has 0 saturated carbocycles. The Morgan fingerprint density at radius 1 is 0.889 bits per heavy atom. The van der Waals surface area contributed by atoms with Crippen LogP contribution in [0.15, 0.2) is 72.8 Å². The smallest absolute Gasteiger partial charge is 0.262 e. The first-order chi connectivity index (χ1) is 13.1. The van der Waals surface area contributed by atoms with Crippen molar-refractivity contribution in [1.29, 1.82) is 0 Å². The van der Waals surface area contributed by atoms with Gasteiger partial charge in [0, 0.05) is 10.7 Å². The van der Waals surface area contributed by atoms with Gasteiger partial charge < -0.3 is 14.8 Å². The van der Waals surface area contributed by atoms with Gasteiger partial charge in [-0.3, -0.25) is 4.79 Å². The van der Waals surface area contributed by atoms with Crippen LogP contribution in [0.3, 0.4) is 0 Å². The molecule has 0 saturated heterocycles. The minimum absolute atomic E-state index is 0.0871. The summed E-state index contributed by atoms with van der Waals surface area (Å²) >= 11 is 6.06. The molecule has 0 aliphatic rings. The number of benzene rings is 3. The number of nitrogens with one attached hydrogen (secondary N) is 1. The summed E-state index contributed by atoms with van der Waals surface area (Å²) in [6.07, 6.45) is 0. The Morgan fingerprint density at radius 2 is 1.56 bits per heavy atom. The van der Waals surface area contributed by atoms with Gasteiger partial charge in [-0.05, 0) is 54.4 Å². The average molecular weight is 382 g/mol. The van der Waals surface area contributed by atoms with Crippen LogP contribution in [0.1, 0.15) is 11.1 Å². The molecule has 0 bridgehead atoms. The third kappa shape index (κ3) is 5.50. The fraction of sp³-hybridized carbons (Fsp3) is 0.136. The van der Waals surface area contributed by atoms with Gasteiger partial charge in [0.05, 0.1) is 0 Å². The lowest BCUT2D eigenvalue weighted by Gasteiger charge is -2.11. The molecule has 0 atom stereocenters. The summed E-state index contributed by atoms with van der Waals surface area (Å²) in [7, 11) is 0. The molecule has 0 aliphatic carbocycles. The molecule has 0 unspecified atom stereocenters. The van der Waals surface area contributed by atoms with Crippen molar-refractivity contribution in [2.75, 3.05) is 11.9 Å². The second kappa shape index (κ2) is 9.10. The number of anilines is 1. The summed E-state index contributed by atoms with van der Waals surface area (Å²) < 4.78 is 11.3. The van der Waals surface area contributed by atoms with Gasteiger partial charge in [-0.25, -0.2) is 0 Å². The Morgan fingerprint density at radius 3 is 2.26 bits per heavy atom. The fourth-order valence-corrected chi connectivity index (χ4v) is 2.63. The van der Waals surface area contributed by atoms with Gasteiger partial charge in [0.1, 0.15) is 18.1 Å². The summed E-state index contributed by atoms with van der Waals surface area (Å²) in [6, 6.07) is 22.5. The highest BCUT2D eigenvalue weighted by atomic mass is 35.5. The Balaban J connectivity index is 1.48. The van der Waals surface area contributed by atoms with Crippen molar-refractivity contribution in [2.45, 2.75) is 13.5 Å². The maximum absolute atomic E-state index is 12.1. The van der Waals surface area contributed by atoms with Crippen molar-refractivity contribution in [3.05, 3.63) is 88.9 Å². The van der Waals surface area contributed by atoms with Crippen LogP contribution in [-0.2, 0) is 11.4 Å². The highest BCUT2D eigenvalue weighted by Gasteiger charge is 2.08. The van der Waals surface area contributed by atoms with Crippen LogP contribution in [0, 0.1) is 6.92 Å². The molecule has 27 heavy (non-hydrogen) atoms. The van der Waals surface area contributed by atoms with E-state index in [9.17, 15) is 4.79 Å². The number of carbonyl (C=O) groups is 1. The Hall–Kier alpha value is -2.98. The third-order valence-electron chi connectivity index (χ3n) is 3.98. The number of halogens is 1. The molecule has 3 aromatic carbocycles. The molecule has 0 heterocycles. The Kier molecular flexibility index (Phi) is 6.34. The van der Waals surface area contributed by atoms with Crippen LogP contribution in [0.4, 0.5) is 5.69 Å². The predicted octanol–water partition coefficient (Wildman–Crippen LogP) is 5.24. The number of rotatable bonds is 7. The van der Waals surface area contributed by atoms with Gasteiger partial charge in [0.25, 0.3) is 5.91 Å². The summed E-state index contributed by atoms with van der Waals surface area (Å²) in [5.74, 6) is 1.09. The van der Waals surface area contributed by atoms with Crippen LogP contribution in [-0.4, -0.2) is 12.5 Å². The topological polar surface area (TPSA) is 47.6 Å². The molecule has 1 N–H and O–H groups in total. The number of hydrogen-bond donors (Lipinski definition) is 1. The van der Waals surface area contributed by atoms with Gasteiger partial charge >= 0.3 is 0 Å². The summed E-state index contributed by atoms with van der Waals surface area (Å²) in [6.45, 7) is 2.27. The molecule has 0 radical (unpaired) electrons. The van der Waals surface area contributed by atoms with Crippen LogP contribution in [0.25, 0.3) is 0 Å². The predicted molar refractivity (Wildman–Crippen MR) is 108 cm³/mol. The van der Waals surface area contributed by atoms with Gasteiger partial charge in [0.2, 0.25) is 0 Å². The minimum Gasteiger partial charge on any atom is -0.489 e. The van der Waals surface area contributed by atoms with E-state index in [0.717, 1.165) is 16.9 Å². The molecular formula is C22H20ClNO3. The van der Waals surface area contributed by atoms with Crippen molar-refractivity contribution in [2.24, 2.45) is 0 Å². The molecule has 1 amide bonds. The van der Waals surface area contributed by atoms with E-state index in [1.54, 1.807) is 30.3 Å². The maximum Gasteiger partial charge on any atom is 0.262 e. The Bertz CT molecular complexity index is 895. The molecule has 138 valence electrons. The minimum atomic E-state index is -0.246. The molecule has 0 aromatic heterocycles. The monoisotopic (exact) mass is 381 g/mol. The van der Waals surface area contributed by atoms with Crippen LogP contribution < -0.4 is 14.8 Å². The van der Waals surface area contributed by atoms with Crippen LogP contribution in [0.2, 0.25) is 5.02 Å². The molecule has 0 aliphatic heterocycles. The standard InChI is InChI=1S/C22H20ClNO3/c1-16-20(23)8-5-9-21(16)24-22(25)15-27-19-12-10-18(11-13-19)26-14-17-6-3-2-4-7-17/h2-13H,14-15H2,1H3,(H,24,25). The van der Waals surface area contributed by atoms with Crippen LogP contribution >= 0.6 is 11.6 Å². The first-order valence-corrected chi connectivity index (χ1v) is 8.94. The quantitative estimate of drug-likeness (QED) is 0.608. The molecule has 3 rings (SSSR count). The number of carbonyl (C=O) groups excluding carboxylic acids is 1. The van der Waals surface area contributed by atoms with Crippen molar-refractivity contribution >= 4 is 23.2 Å². The van der Waals surface area contributed by atoms with E-state index in [0.29, 0.717) is 23.1 Å². The van der Waals surface area contributed by atoms with Crippen molar-refractivity contribution in [1.82, 2.24) is 0 Å². The molecule has 0 spiro atoms. The molecule has 5 heteroatoms.